The third-order valence-electron chi connectivity index (χ3n) is 4.59. The molecule has 1 heterocycles. The minimum Gasteiger partial charge on any atom is -0.377 e. The zero-order valence-electron chi connectivity index (χ0n) is 14.3. The van der Waals surface area contributed by atoms with Crippen LogP contribution >= 0.6 is 15.9 Å². The zero-order valence-corrected chi connectivity index (χ0v) is 15.9. The van der Waals surface area contributed by atoms with E-state index in [1.54, 1.807) is 0 Å². The van der Waals surface area contributed by atoms with Crippen LogP contribution in [0.3, 0.4) is 0 Å². The summed E-state index contributed by atoms with van der Waals surface area (Å²) >= 11 is 3.72. The van der Waals surface area contributed by atoms with Gasteiger partial charge in [-0.15, -0.1) is 0 Å². The Balaban J connectivity index is 3.11. The van der Waals surface area contributed by atoms with Crippen LogP contribution in [-0.2, 0) is 24.6 Å². The molecule has 21 heavy (non-hydrogen) atoms. The lowest BCUT2D eigenvalue weighted by atomic mass is 9.85. The third kappa shape index (κ3) is 3.88. The van der Waals surface area contributed by atoms with Gasteiger partial charge in [0.25, 0.3) is 0 Å². The number of nitrogens with one attached hydrogen (secondary N) is 1. The number of rotatable bonds is 9. The number of aromatic nitrogens is 2. The van der Waals surface area contributed by atoms with Crippen molar-refractivity contribution in [3.8, 4) is 0 Å². The molecule has 122 valence electrons. The van der Waals surface area contributed by atoms with Gasteiger partial charge in [0.1, 0.15) is 0 Å². The van der Waals surface area contributed by atoms with Crippen LogP contribution in [0, 0.1) is 0 Å². The second kappa shape index (κ2) is 8.30. The van der Waals surface area contributed by atoms with Crippen molar-refractivity contribution in [2.75, 3.05) is 13.7 Å². The predicted octanol–water partition coefficient (Wildman–Crippen LogP) is 3.47. The Hall–Kier alpha value is -0.390. The van der Waals surface area contributed by atoms with E-state index >= 15 is 0 Å². The third-order valence-corrected chi connectivity index (χ3v) is 5.50. The zero-order chi connectivity index (χ0) is 16.0. The van der Waals surface area contributed by atoms with Crippen LogP contribution in [-0.4, -0.2) is 35.1 Å². The van der Waals surface area contributed by atoms with Gasteiger partial charge < -0.3 is 10.1 Å². The second-order valence-electron chi connectivity index (χ2n) is 5.47. The van der Waals surface area contributed by atoms with E-state index in [1.165, 1.54) is 5.69 Å². The highest BCUT2D eigenvalue weighted by Gasteiger charge is 2.36. The molecule has 1 atom stereocenters. The van der Waals surface area contributed by atoms with Gasteiger partial charge in [0.2, 0.25) is 0 Å². The Morgan fingerprint density at radius 2 is 1.90 bits per heavy atom. The van der Waals surface area contributed by atoms with Crippen LogP contribution in [0.4, 0.5) is 0 Å². The predicted molar refractivity (Wildman–Crippen MR) is 91.8 cm³/mol. The van der Waals surface area contributed by atoms with Crippen LogP contribution in [0.5, 0.6) is 0 Å². The average molecular weight is 360 g/mol. The van der Waals surface area contributed by atoms with E-state index in [2.05, 4.69) is 54.0 Å². The van der Waals surface area contributed by atoms with E-state index < -0.39 is 0 Å². The van der Waals surface area contributed by atoms with Gasteiger partial charge in [-0.25, -0.2) is 0 Å². The van der Waals surface area contributed by atoms with Crippen LogP contribution in [0.15, 0.2) is 4.47 Å². The number of methoxy groups -OCH3 is 1. The molecule has 1 rings (SSSR count). The summed E-state index contributed by atoms with van der Waals surface area (Å²) < 4.78 is 9.07. The molecule has 1 unspecified atom stereocenters. The van der Waals surface area contributed by atoms with Gasteiger partial charge in [0, 0.05) is 26.6 Å². The van der Waals surface area contributed by atoms with Crippen molar-refractivity contribution >= 4 is 15.9 Å². The SMILES string of the molecule is CCNC(Cc1c(Br)c(CC)nn1C)C(CC)(CC)OC. The van der Waals surface area contributed by atoms with E-state index in [4.69, 9.17) is 4.74 Å². The fourth-order valence-corrected chi connectivity index (χ4v) is 3.88. The highest BCUT2D eigenvalue weighted by molar-refractivity contribution is 9.10. The number of likely N-dealkylation sites (N-methyl/N-ethyl adjacent to an activating group) is 1. The fraction of sp³-hybridized carbons (Fsp3) is 0.812. The summed E-state index contributed by atoms with van der Waals surface area (Å²) in [5.41, 5.74) is 2.23. The van der Waals surface area contributed by atoms with Crippen molar-refractivity contribution in [2.45, 2.75) is 65.0 Å². The van der Waals surface area contributed by atoms with Gasteiger partial charge in [-0.2, -0.15) is 5.10 Å². The van der Waals surface area contributed by atoms with E-state index in [9.17, 15) is 0 Å². The first-order valence-corrected chi connectivity index (χ1v) is 8.77. The van der Waals surface area contributed by atoms with Crippen molar-refractivity contribution in [3.05, 3.63) is 15.9 Å². The van der Waals surface area contributed by atoms with Gasteiger partial charge in [-0.3, -0.25) is 4.68 Å². The minimum absolute atomic E-state index is 0.133. The van der Waals surface area contributed by atoms with E-state index in [1.807, 2.05) is 18.8 Å². The molecule has 0 aromatic carbocycles. The number of ether oxygens (including phenoxy) is 1. The molecular formula is C16H30BrN3O. The summed E-state index contributed by atoms with van der Waals surface area (Å²) in [6.45, 7) is 9.62. The minimum atomic E-state index is -0.133. The topological polar surface area (TPSA) is 39.1 Å². The molecule has 5 heteroatoms. The lowest BCUT2D eigenvalue weighted by Crippen LogP contribution is -2.53. The summed E-state index contributed by atoms with van der Waals surface area (Å²) in [6.07, 6.45) is 3.84. The summed E-state index contributed by atoms with van der Waals surface area (Å²) in [4.78, 5) is 0. The molecule has 0 aliphatic heterocycles. The highest BCUT2D eigenvalue weighted by atomic mass is 79.9. The number of halogens is 1. The van der Waals surface area contributed by atoms with Gasteiger partial charge in [0.15, 0.2) is 0 Å². The van der Waals surface area contributed by atoms with Gasteiger partial charge in [-0.1, -0.05) is 27.7 Å². The molecule has 1 aromatic heterocycles. The number of aryl methyl sites for hydroxylation is 2. The Morgan fingerprint density at radius 1 is 1.29 bits per heavy atom. The molecule has 0 fully saturated rings. The number of nitrogens with zero attached hydrogens (tertiary/aromatic N) is 2. The monoisotopic (exact) mass is 359 g/mol. The molecule has 4 nitrogen and oxygen atoms in total. The molecular weight excluding hydrogens is 330 g/mol. The lowest BCUT2D eigenvalue weighted by Gasteiger charge is -2.39. The normalized spacial score (nSPS) is 13.7. The van der Waals surface area contributed by atoms with E-state index in [0.717, 1.165) is 42.4 Å². The Bertz CT molecular complexity index is 433. The highest BCUT2D eigenvalue weighted by Crippen LogP contribution is 2.30. The Labute approximate surface area is 137 Å². The van der Waals surface area contributed by atoms with Crippen molar-refractivity contribution in [1.82, 2.24) is 15.1 Å². The molecule has 0 spiro atoms. The molecule has 0 saturated carbocycles. The maximum atomic E-state index is 5.93. The van der Waals surface area contributed by atoms with E-state index in [0.29, 0.717) is 0 Å². The first kappa shape index (κ1) is 18.7. The van der Waals surface area contributed by atoms with Gasteiger partial charge in [0.05, 0.1) is 21.5 Å². The van der Waals surface area contributed by atoms with Gasteiger partial charge in [-0.05, 0) is 41.7 Å². The molecule has 0 radical (unpaired) electrons. The summed E-state index contributed by atoms with van der Waals surface area (Å²) in [5, 5.41) is 8.22. The van der Waals surface area contributed by atoms with E-state index in [-0.39, 0.29) is 11.6 Å². The quantitative estimate of drug-likeness (QED) is 0.733. The van der Waals surface area contributed by atoms with Crippen molar-refractivity contribution in [3.63, 3.8) is 0 Å². The molecule has 1 N–H and O–H groups in total. The fourth-order valence-electron chi connectivity index (χ4n) is 3.10. The maximum absolute atomic E-state index is 5.93. The lowest BCUT2D eigenvalue weighted by molar-refractivity contribution is -0.0472. The first-order valence-electron chi connectivity index (χ1n) is 7.98. The standard InChI is InChI=1S/C16H30BrN3O/c1-7-12-15(17)13(20(5)19-12)11-14(18-10-4)16(8-2,9-3)21-6/h14,18H,7-11H2,1-6H3. The molecule has 0 aliphatic rings. The molecule has 0 saturated heterocycles. The Kier molecular flexibility index (Phi) is 7.37. The van der Waals surface area contributed by atoms with Crippen molar-refractivity contribution < 1.29 is 4.74 Å². The van der Waals surface area contributed by atoms with Crippen LogP contribution in [0.2, 0.25) is 0 Å². The first-order chi connectivity index (χ1) is 9.99. The number of hydrogen-bond acceptors (Lipinski definition) is 3. The molecule has 0 bridgehead atoms. The largest absolute Gasteiger partial charge is 0.377 e. The molecule has 1 aromatic rings. The van der Waals surface area contributed by atoms with Crippen LogP contribution in [0.25, 0.3) is 0 Å². The van der Waals surface area contributed by atoms with Crippen molar-refractivity contribution in [1.29, 1.82) is 0 Å². The summed E-state index contributed by atoms with van der Waals surface area (Å²) in [5.74, 6) is 0. The Morgan fingerprint density at radius 3 is 2.29 bits per heavy atom. The second-order valence-corrected chi connectivity index (χ2v) is 6.27. The van der Waals surface area contributed by atoms with Crippen LogP contribution in [0.1, 0.15) is 51.9 Å². The molecule has 0 amide bonds. The molecule has 0 aliphatic carbocycles. The average Bonchev–Trinajstić information content (AvgIpc) is 2.77. The van der Waals surface area contributed by atoms with Gasteiger partial charge >= 0.3 is 0 Å². The number of hydrogen-bond donors (Lipinski definition) is 1. The van der Waals surface area contributed by atoms with Crippen LogP contribution < -0.4 is 5.32 Å². The maximum Gasteiger partial charge on any atom is 0.0829 e. The summed E-state index contributed by atoms with van der Waals surface area (Å²) in [7, 11) is 3.85. The summed E-state index contributed by atoms with van der Waals surface area (Å²) in [6, 6.07) is 0.277. The van der Waals surface area contributed by atoms with Crippen molar-refractivity contribution in [2.24, 2.45) is 7.05 Å². The smallest absolute Gasteiger partial charge is 0.0829 e.